The molecule has 0 aromatic heterocycles. The number of phenolic OH excluding ortho intramolecular Hbond substituents is 2. The zero-order valence-corrected chi connectivity index (χ0v) is 9.33. The van der Waals surface area contributed by atoms with Gasteiger partial charge in [0.05, 0.1) is 0 Å². The van der Waals surface area contributed by atoms with E-state index in [0.29, 0.717) is 6.42 Å². The molecule has 0 saturated carbocycles. The third-order valence-electron chi connectivity index (χ3n) is 2.38. The molecule has 15 heavy (non-hydrogen) atoms. The minimum Gasteiger partial charge on any atom is -0.508 e. The predicted molar refractivity (Wildman–Crippen MR) is 62.1 cm³/mol. The maximum absolute atomic E-state index is 9.54. The molecule has 82 valence electrons. The maximum atomic E-state index is 9.54. The number of rotatable bonds is 4. The molecule has 2 nitrogen and oxygen atoms in total. The van der Waals surface area contributed by atoms with Gasteiger partial charge in [0.1, 0.15) is 11.5 Å². The van der Waals surface area contributed by atoms with Crippen molar-refractivity contribution in [2.45, 2.75) is 33.1 Å². The van der Waals surface area contributed by atoms with Crippen LogP contribution in [-0.4, -0.2) is 10.2 Å². The van der Waals surface area contributed by atoms with E-state index in [0.717, 1.165) is 18.4 Å². The van der Waals surface area contributed by atoms with Crippen LogP contribution < -0.4 is 0 Å². The Labute approximate surface area is 90.9 Å². The molecule has 0 radical (unpaired) electrons. The lowest BCUT2D eigenvalue weighted by Gasteiger charge is -2.03. The van der Waals surface area contributed by atoms with Gasteiger partial charge in [-0.15, -0.1) is 0 Å². The van der Waals surface area contributed by atoms with Gasteiger partial charge in [-0.05, 0) is 38.0 Å². The van der Waals surface area contributed by atoms with Crippen molar-refractivity contribution in [3.05, 3.63) is 35.4 Å². The molecule has 1 aromatic rings. The van der Waals surface area contributed by atoms with E-state index in [-0.39, 0.29) is 11.5 Å². The Morgan fingerprint density at radius 1 is 1.33 bits per heavy atom. The van der Waals surface area contributed by atoms with Crippen LogP contribution in [0.4, 0.5) is 0 Å². The number of hydrogen-bond acceptors (Lipinski definition) is 2. The van der Waals surface area contributed by atoms with E-state index in [4.69, 9.17) is 0 Å². The Bertz CT molecular complexity index is 354. The van der Waals surface area contributed by atoms with Crippen LogP contribution in [0.2, 0.25) is 0 Å². The highest BCUT2D eigenvalue weighted by Crippen LogP contribution is 2.23. The first kappa shape index (κ1) is 11.6. The van der Waals surface area contributed by atoms with Crippen molar-refractivity contribution in [1.29, 1.82) is 0 Å². The molecule has 0 unspecified atom stereocenters. The molecule has 0 spiro atoms. The SMILES string of the molecule is CCC/C(C)=C/Cc1cc(O)ccc1O. The fraction of sp³-hybridized carbons (Fsp3) is 0.385. The lowest BCUT2D eigenvalue weighted by Crippen LogP contribution is -1.84. The minimum atomic E-state index is 0.198. The summed E-state index contributed by atoms with van der Waals surface area (Å²) in [6.07, 6.45) is 4.98. The van der Waals surface area contributed by atoms with Gasteiger partial charge in [0, 0.05) is 5.56 Å². The van der Waals surface area contributed by atoms with Crippen LogP contribution in [0.3, 0.4) is 0 Å². The first-order valence-corrected chi connectivity index (χ1v) is 5.30. The van der Waals surface area contributed by atoms with E-state index in [1.807, 2.05) is 0 Å². The lowest BCUT2D eigenvalue weighted by molar-refractivity contribution is 0.455. The van der Waals surface area contributed by atoms with Crippen LogP contribution >= 0.6 is 0 Å². The molecule has 0 aliphatic heterocycles. The van der Waals surface area contributed by atoms with E-state index in [1.54, 1.807) is 6.07 Å². The standard InChI is InChI=1S/C13H18O2/c1-3-4-10(2)5-6-11-9-12(14)7-8-13(11)15/h5,7-9,14-15H,3-4,6H2,1-2H3/b10-5+. The van der Waals surface area contributed by atoms with Gasteiger partial charge in [-0.25, -0.2) is 0 Å². The van der Waals surface area contributed by atoms with Crippen LogP contribution in [0.15, 0.2) is 29.8 Å². The lowest BCUT2D eigenvalue weighted by atomic mass is 10.1. The monoisotopic (exact) mass is 206 g/mol. The van der Waals surface area contributed by atoms with Crippen molar-refractivity contribution in [3.63, 3.8) is 0 Å². The molecule has 0 amide bonds. The molecule has 0 atom stereocenters. The van der Waals surface area contributed by atoms with Crippen LogP contribution in [0.5, 0.6) is 11.5 Å². The molecule has 1 rings (SSSR count). The predicted octanol–water partition coefficient (Wildman–Crippen LogP) is 3.39. The van der Waals surface area contributed by atoms with Crippen molar-refractivity contribution in [3.8, 4) is 11.5 Å². The second kappa shape index (κ2) is 5.44. The van der Waals surface area contributed by atoms with Gasteiger partial charge in [-0.2, -0.15) is 0 Å². The topological polar surface area (TPSA) is 40.5 Å². The van der Waals surface area contributed by atoms with Crippen molar-refractivity contribution in [2.75, 3.05) is 0 Å². The molecule has 2 heteroatoms. The molecule has 0 heterocycles. The molecule has 1 aromatic carbocycles. The second-order valence-electron chi connectivity index (χ2n) is 3.82. The van der Waals surface area contributed by atoms with E-state index < -0.39 is 0 Å². The fourth-order valence-electron chi connectivity index (χ4n) is 1.52. The largest absolute Gasteiger partial charge is 0.508 e. The Morgan fingerprint density at radius 3 is 2.73 bits per heavy atom. The highest BCUT2D eigenvalue weighted by molar-refractivity contribution is 5.39. The fourth-order valence-corrected chi connectivity index (χ4v) is 1.52. The summed E-state index contributed by atoms with van der Waals surface area (Å²) in [4.78, 5) is 0. The molecule has 0 fully saturated rings. The number of allylic oxidation sites excluding steroid dienone is 2. The summed E-state index contributed by atoms with van der Waals surface area (Å²) >= 11 is 0. The van der Waals surface area contributed by atoms with Gasteiger partial charge in [-0.1, -0.05) is 25.0 Å². The zero-order valence-electron chi connectivity index (χ0n) is 9.33. The summed E-state index contributed by atoms with van der Waals surface area (Å²) in [5.74, 6) is 0.442. The number of phenols is 2. The van der Waals surface area contributed by atoms with Gasteiger partial charge in [0.15, 0.2) is 0 Å². The highest BCUT2D eigenvalue weighted by Gasteiger charge is 2.00. The second-order valence-corrected chi connectivity index (χ2v) is 3.82. The Balaban J connectivity index is 2.72. The van der Waals surface area contributed by atoms with Crippen molar-refractivity contribution < 1.29 is 10.2 Å². The van der Waals surface area contributed by atoms with Crippen LogP contribution in [0, 0.1) is 0 Å². The third kappa shape index (κ3) is 3.66. The normalized spacial score (nSPS) is 11.7. The molecule has 0 aliphatic carbocycles. The summed E-state index contributed by atoms with van der Waals surface area (Å²) in [6.45, 7) is 4.23. The number of benzene rings is 1. The average Bonchev–Trinajstić information content (AvgIpc) is 2.20. The van der Waals surface area contributed by atoms with Crippen LogP contribution in [-0.2, 0) is 6.42 Å². The highest BCUT2D eigenvalue weighted by atomic mass is 16.3. The first-order chi connectivity index (χ1) is 7.13. The van der Waals surface area contributed by atoms with Gasteiger partial charge in [-0.3, -0.25) is 0 Å². The number of aromatic hydroxyl groups is 2. The number of hydrogen-bond donors (Lipinski definition) is 2. The van der Waals surface area contributed by atoms with E-state index in [2.05, 4.69) is 19.9 Å². The molecular weight excluding hydrogens is 188 g/mol. The van der Waals surface area contributed by atoms with E-state index >= 15 is 0 Å². The zero-order chi connectivity index (χ0) is 11.3. The summed E-state index contributed by atoms with van der Waals surface area (Å²) in [6, 6.07) is 4.61. The van der Waals surface area contributed by atoms with Crippen LogP contribution in [0.25, 0.3) is 0 Å². The van der Waals surface area contributed by atoms with Crippen molar-refractivity contribution in [2.24, 2.45) is 0 Å². The summed E-state index contributed by atoms with van der Waals surface area (Å²) in [5.41, 5.74) is 2.09. The van der Waals surface area contributed by atoms with Gasteiger partial charge in [0.2, 0.25) is 0 Å². The van der Waals surface area contributed by atoms with E-state index in [1.165, 1.54) is 17.7 Å². The quantitative estimate of drug-likeness (QED) is 0.585. The molecular formula is C13H18O2. The average molecular weight is 206 g/mol. The van der Waals surface area contributed by atoms with Crippen LogP contribution in [0.1, 0.15) is 32.3 Å². The maximum Gasteiger partial charge on any atom is 0.119 e. The van der Waals surface area contributed by atoms with Gasteiger partial charge in [0.25, 0.3) is 0 Å². The summed E-state index contributed by atoms with van der Waals surface area (Å²) in [5, 5.41) is 18.8. The third-order valence-corrected chi connectivity index (χ3v) is 2.38. The smallest absolute Gasteiger partial charge is 0.119 e. The Kier molecular flexibility index (Phi) is 4.22. The molecule has 2 N–H and O–H groups in total. The first-order valence-electron chi connectivity index (χ1n) is 5.30. The summed E-state index contributed by atoms with van der Waals surface area (Å²) < 4.78 is 0. The molecule has 0 bridgehead atoms. The molecule has 0 saturated heterocycles. The van der Waals surface area contributed by atoms with Crippen molar-refractivity contribution in [1.82, 2.24) is 0 Å². The molecule has 0 aliphatic rings. The minimum absolute atomic E-state index is 0.198. The van der Waals surface area contributed by atoms with Crippen molar-refractivity contribution >= 4 is 0 Å². The summed E-state index contributed by atoms with van der Waals surface area (Å²) in [7, 11) is 0. The Hall–Kier alpha value is -1.44. The van der Waals surface area contributed by atoms with E-state index in [9.17, 15) is 10.2 Å². The Morgan fingerprint density at radius 2 is 2.07 bits per heavy atom. The van der Waals surface area contributed by atoms with Gasteiger partial charge < -0.3 is 10.2 Å². The van der Waals surface area contributed by atoms with Gasteiger partial charge >= 0.3 is 0 Å².